The molecule has 1 saturated carbocycles. The number of nitrogens with zero attached hydrogens (tertiary/aromatic N) is 1. The summed E-state index contributed by atoms with van der Waals surface area (Å²) >= 11 is 0. The summed E-state index contributed by atoms with van der Waals surface area (Å²) in [6.45, 7) is 9.11. The summed E-state index contributed by atoms with van der Waals surface area (Å²) in [4.78, 5) is 40.2. The first-order valence-corrected chi connectivity index (χ1v) is 12.2. The Hall–Kier alpha value is -3.50. The Labute approximate surface area is 218 Å². The minimum atomic E-state index is -1.55. The molecule has 0 amide bonds. The van der Waals surface area contributed by atoms with Gasteiger partial charge in [-0.25, -0.2) is 0 Å². The van der Waals surface area contributed by atoms with Crippen LogP contribution in [0.4, 0.5) is 0 Å². The number of rotatable bonds is 12. The lowest BCUT2D eigenvalue weighted by Gasteiger charge is -2.39. The van der Waals surface area contributed by atoms with Crippen molar-refractivity contribution in [2.45, 2.75) is 57.9 Å². The standard InChI is InChI=1S/C19H32N2.2C4H4O4/c1-3-21(4-2)16-15-20-19(13-9-6-10-14-19)17-18-11-7-5-8-12-18;2*5-3(6)1-2-4(7)8/h5,7-8,11-12,20H,3-4,6,9-10,13-17H2,1-2H3;2*1-2H,(H,5,6)(H,7,8)/p-4/b;2*2-1-. The number of carboxylic acids is 4. The Morgan fingerprint density at radius 2 is 1.22 bits per heavy atom. The third kappa shape index (κ3) is 18.4. The third-order valence-corrected chi connectivity index (χ3v) is 5.73. The zero-order valence-corrected chi connectivity index (χ0v) is 21.5. The highest BCUT2D eigenvalue weighted by molar-refractivity contribution is 5.88. The molecule has 206 valence electrons. The predicted molar refractivity (Wildman–Crippen MR) is 130 cm³/mol. The fraction of sp³-hybridized carbons (Fsp3) is 0.481. The molecule has 0 bridgehead atoms. The molecule has 0 heterocycles. The molecule has 0 aliphatic heterocycles. The summed E-state index contributed by atoms with van der Waals surface area (Å²) in [6.07, 6.45) is 9.56. The lowest BCUT2D eigenvalue weighted by atomic mass is 9.77. The highest BCUT2D eigenvalue weighted by atomic mass is 16.4. The number of likely N-dealkylation sites (N-methyl/N-ethyl adjacent to an activating group) is 1. The average Bonchev–Trinajstić information content (AvgIpc) is 2.86. The summed E-state index contributed by atoms with van der Waals surface area (Å²) in [6, 6.07) is 11.0. The molecule has 0 atom stereocenters. The van der Waals surface area contributed by atoms with Gasteiger partial charge in [0, 0.05) is 18.6 Å². The van der Waals surface area contributed by atoms with Crippen LogP contribution in [-0.4, -0.2) is 60.5 Å². The molecule has 1 aliphatic rings. The van der Waals surface area contributed by atoms with Crippen LogP contribution in [0.25, 0.3) is 0 Å². The molecular weight excluding hydrogens is 480 g/mol. The first-order chi connectivity index (χ1) is 17.5. The minimum absolute atomic E-state index is 0.340. The van der Waals surface area contributed by atoms with E-state index in [2.05, 4.69) is 54.4 Å². The lowest BCUT2D eigenvalue weighted by Crippen LogP contribution is -2.50. The molecule has 0 radical (unpaired) electrons. The van der Waals surface area contributed by atoms with Crippen LogP contribution in [0.2, 0.25) is 0 Å². The molecule has 0 saturated heterocycles. The van der Waals surface area contributed by atoms with Crippen LogP contribution in [0.3, 0.4) is 0 Å². The molecule has 1 aromatic carbocycles. The van der Waals surface area contributed by atoms with Gasteiger partial charge < -0.3 is 49.8 Å². The third-order valence-electron chi connectivity index (χ3n) is 5.73. The molecule has 10 nitrogen and oxygen atoms in total. The average molecular weight is 517 g/mol. The van der Waals surface area contributed by atoms with Gasteiger partial charge in [0.1, 0.15) is 0 Å². The summed E-state index contributed by atoms with van der Waals surface area (Å²) in [5.74, 6) is -6.19. The molecule has 0 unspecified atom stereocenters. The second-order valence-corrected chi connectivity index (χ2v) is 8.40. The van der Waals surface area contributed by atoms with E-state index in [0.29, 0.717) is 29.8 Å². The zero-order valence-electron chi connectivity index (χ0n) is 21.5. The maximum Gasteiger partial charge on any atom is 0.0643 e. The fourth-order valence-electron chi connectivity index (χ4n) is 3.92. The molecule has 2 rings (SSSR count). The van der Waals surface area contributed by atoms with Gasteiger partial charge in [0.25, 0.3) is 0 Å². The van der Waals surface area contributed by atoms with E-state index >= 15 is 0 Å². The quantitative estimate of drug-likeness (QED) is 0.304. The molecule has 1 fully saturated rings. The Morgan fingerprint density at radius 1 is 0.784 bits per heavy atom. The Kier molecular flexibility index (Phi) is 17.8. The van der Waals surface area contributed by atoms with Gasteiger partial charge in [-0.3, -0.25) is 0 Å². The van der Waals surface area contributed by atoms with Crippen molar-refractivity contribution in [2.24, 2.45) is 0 Å². The van der Waals surface area contributed by atoms with Gasteiger partial charge in [-0.2, -0.15) is 0 Å². The summed E-state index contributed by atoms with van der Waals surface area (Å²) in [5, 5.41) is 41.6. The smallest absolute Gasteiger partial charge is 0.0643 e. The van der Waals surface area contributed by atoms with Crippen molar-refractivity contribution in [1.82, 2.24) is 10.2 Å². The first kappa shape index (κ1) is 33.5. The van der Waals surface area contributed by atoms with E-state index in [0.717, 1.165) is 19.6 Å². The van der Waals surface area contributed by atoms with Crippen LogP contribution in [-0.2, 0) is 25.6 Å². The van der Waals surface area contributed by atoms with E-state index < -0.39 is 23.9 Å². The SMILES string of the molecule is CCN(CC)CCNC1(Cc2ccccc2)CCCCC1.O=C([O-])/C=C\C(=O)[O-].O=C([O-])/C=C\C(=O)[O-]. The topological polar surface area (TPSA) is 176 Å². The van der Waals surface area contributed by atoms with Crippen LogP contribution in [0.5, 0.6) is 0 Å². The Bertz CT molecular complexity index is 808. The molecule has 10 heteroatoms. The maximum atomic E-state index is 9.41. The molecule has 1 N–H and O–H groups in total. The van der Waals surface area contributed by atoms with Gasteiger partial charge in [-0.1, -0.05) is 63.4 Å². The second kappa shape index (κ2) is 19.7. The molecule has 37 heavy (non-hydrogen) atoms. The van der Waals surface area contributed by atoms with Crippen molar-refractivity contribution in [1.29, 1.82) is 0 Å². The minimum Gasteiger partial charge on any atom is -0.545 e. The van der Waals surface area contributed by atoms with Gasteiger partial charge in [0.05, 0.1) is 23.9 Å². The van der Waals surface area contributed by atoms with E-state index in [1.54, 1.807) is 0 Å². The van der Waals surface area contributed by atoms with Crippen molar-refractivity contribution in [3.8, 4) is 0 Å². The summed E-state index contributed by atoms with van der Waals surface area (Å²) in [7, 11) is 0. The number of carboxylic acid groups (broad SMARTS) is 4. The van der Waals surface area contributed by atoms with E-state index in [-0.39, 0.29) is 0 Å². The number of carbonyl (C=O) groups excluding carboxylic acids is 4. The number of hydrogen-bond donors (Lipinski definition) is 1. The van der Waals surface area contributed by atoms with Crippen LogP contribution in [0, 0.1) is 0 Å². The molecular formula is C27H36N2O8-4. The zero-order chi connectivity index (χ0) is 28.1. The van der Waals surface area contributed by atoms with E-state index in [4.69, 9.17) is 0 Å². The fourth-order valence-corrected chi connectivity index (χ4v) is 3.92. The van der Waals surface area contributed by atoms with Crippen molar-refractivity contribution < 1.29 is 39.6 Å². The van der Waals surface area contributed by atoms with Crippen molar-refractivity contribution in [3.05, 3.63) is 60.2 Å². The van der Waals surface area contributed by atoms with Crippen molar-refractivity contribution in [2.75, 3.05) is 26.2 Å². The van der Waals surface area contributed by atoms with E-state index in [1.165, 1.54) is 50.6 Å². The Morgan fingerprint density at radius 3 is 1.59 bits per heavy atom. The lowest BCUT2D eigenvalue weighted by molar-refractivity contribution is -0.301. The number of aliphatic carboxylic acids is 4. The monoisotopic (exact) mass is 516 g/mol. The number of carbonyl (C=O) groups is 4. The van der Waals surface area contributed by atoms with Gasteiger partial charge in [0.15, 0.2) is 0 Å². The first-order valence-electron chi connectivity index (χ1n) is 12.2. The van der Waals surface area contributed by atoms with Crippen LogP contribution in [0.1, 0.15) is 51.5 Å². The highest BCUT2D eigenvalue weighted by Gasteiger charge is 2.31. The second-order valence-electron chi connectivity index (χ2n) is 8.40. The van der Waals surface area contributed by atoms with Crippen LogP contribution in [0.15, 0.2) is 54.6 Å². The van der Waals surface area contributed by atoms with Gasteiger partial charge in [-0.05, 0) is 62.2 Å². The number of benzene rings is 1. The van der Waals surface area contributed by atoms with Crippen molar-refractivity contribution >= 4 is 23.9 Å². The highest BCUT2D eigenvalue weighted by Crippen LogP contribution is 2.31. The largest absolute Gasteiger partial charge is 0.545 e. The van der Waals surface area contributed by atoms with Crippen molar-refractivity contribution in [3.63, 3.8) is 0 Å². The number of hydrogen-bond acceptors (Lipinski definition) is 10. The molecule has 1 aliphatic carbocycles. The summed E-state index contributed by atoms with van der Waals surface area (Å²) in [5.41, 5.74) is 1.82. The predicted octanol–water partition coefficient (Wildman–Crippen LogP) is -2.05. The van der Waals surface area contributed by atoms with Gasteiger partial charge >= 0.3 is 0 Å². The van der Waals surface area contributed by atoms with E-state index in [9.17, 15) is 39.6 Å². The van der Waals surface area contributed by atoms with Crippen LogP contribution >= 0.6 is 0 Å². The Balaban J connectivity index is 0.000000669. The summed E-state index contributed by atoms with van der Waals surface area (Å²) < 4.78 is 0. The van der Waals surface area contributed by atoms with Gasteiger partial charge in [0.2, 0.25) is 0 Å². The maximum absolute atomic E-state index is 9.41. The molecule has 0 aromatic heterocycles. The molecule has 1 aromatic rings. The van der Waals surface area contributed by atoms with Gasteiger partial charge in [-0.15, -0.1) is 0 Å². The molecule has 0 spiro atoms. The normalized spacial score (nSPS) is 14.4. The van der Waals surface area contributed by atoms with Crippen LogP contribution < -0.4 is 25.7 Å². The van der Waals surface area contributed by atoms with E-state index in [1.807, 2.05) is 0 Å². The number of nitrogens with one attached hydrogen (secondary N) is 1.